The van der Waals surface area contributed by atoms with E-state index in [1.807, 2.05) is 4.90 Å². The third kappa shape index (κ3) is 3.01. The average molecular weight is 242 g/mol. The number of rotatable bonds is 3. The lowest BCUT2D eigenvalue weighted by atomic mass is 10.4. The van der Waals surface area contributed by atoms with Crippen molar-refractivity contribution in [3.05, 3.63) is 0 Å². The predicted molar refractivity (Wildman–Crippen MR) is 54.4 cm³/mol. The monoisotopic (exact) mass is 242 g/mol. The van der Waals surface area contributed by atoms with Crippen molar-refractivity contribution < 1.29 is 24.0 Å². The number of nitrogens with zero attached hydrogens (tertiary/aromatic N) is 2. The Hall–Kier alpha value is -1.47. The van der Waals surface area contributed by atoms with E-state index >= 15 is 0 Å². The number of hydroxylamine groups is 2. The summed E-state index contributed by atoms with van der Waals surface area (Å²) >= 11 is 0. The van der Waals surface area contributed by atoms with E-state index in [0.717, 1.165) is 0 Å². The highest BCUT2D eigenvalue weighted by molar-refractivity contribution is 6.01. The van der Waals surface area contributed by atoms with Gasteiger partial charge in [-0.25, -0.2) is 4.79 Å². The van der Waals surface area contributed by atoms with Crippen molar-refractivity contribution in [2.45, 2.75) is 12.8 Å². The number of hydrogen-bond donors (Lipinski definition) is 0. The zero-order valence-corrected chi connectivity index (χ0v) is 9.39. The molecule has 2 rings (SSSR count). The Morgan fingerprint density at radius 3 is 2.35 bits per heavy atom. The van der Waals surface area contributed by atoms with Crippen molar-refractivity contribution in [2.75, 3.05) is 32.8 Å². The summed E-state index contributed by atoms with van der Waals surface area (Å²) in [6.45, 7) is 2.53. The fourth-order valence-electron chi connectivity index (χ4n) is 1.73. The van der Waals surface area contributed by atoms with Gasteiger partial charge in [0, 0.05) is 25.9 Å². The smallest absolute Gasteiger partial charge is 0.347 e. The largest absolute Gasteiger partial charge is 0.379 e. The Bertz CT molecular complexity index is 322. The molecule has 0 radical (unpaired) electrons. The maximum atomic E-state index is 11.5. The molecule has 0 unspecified atom stereocenters. The summed E-state index contributed by atoms with van der Waals surface area (Å²) in [5.41, 5.74) is 0. The van der Waals surface area contributed by atoms with Crippen molar-refractivity contribution in [3.8, 4) is 0 Å². The molecule has 7 nitrogen and oxygen atoms in total. The van der Waals surface area contributed by atoms with Crippen LogP contribution < -0.4 is 0 Å². The van der Waals surface area contributed by atoms with Crippen LogP contribution >= 0.6 is 0 Å². The number of ether oxygens (including phenoxy) is 1. The van der Waals surface area contributed by atoms with Crippen LogP contribution in [0.25, 0.3) is 0 Å². The molecule has 2 heterocycles. The van der Waals surface area contributed by atoms with E-state index in [-0.39, 0.29) is 19.4 Å². The molecule has 0 aromatic carbocycles. The minimum atomic E-state index is -0.587. The molecule has 0 N–H and O–H groups in total. The van der Waals surface area contributed by atoms with Crippen molar-refractivity contribution in [3.63, 3.8) is 0 Å². The SMILES string of the molecule is O=C(CN1CCOCC1)ON1C(=O)CCC1=O. The number of carbonyl (C=O) groups is 3. The lowest BCUT2D eigenvalue weighted by Gasteiger charge is -2.25. The lowest BCUT2D eigenvalue weighted by Crippen LogP contribution is -2.42. The predicted octanol–water partition coefficient (Wildman–Crippen LogP) is -1.07. The molecule has 7 heteroatoms. The number of hydrogen-bond acceptors (Lipinski definition) is 6. The first-order valence-electron chi connectivity index (χ1n) is 5.53. The fraction of sp³-hybridized carbons (Fsp3) is 0.700. The molecule has 0 saturated carbocycles. The van der Waals surface area contributed by atoms with E-state index in [2.05, 4.69) is 0 Å². The van der Waals surface area contributed by atoms with Gasteiger partial charge in [0.2, 0.25) is 0 Å². The van der Waals surface area contributed by atoms with Gasteiger partial charge in [0.25, 0.3) is 11.8 Å². The normalized spacial score (nSPS) is 22.0. The van der Waals surface area contributed by atoms with Gasteiger partial charge in [-0.1, -0.05) is 0 Å². The molecule has 94 valence electrons. The number of imide groups is 1. The zero-order valence-electron chi connectivity index (χ0n) is 9.39. The van der Waals surface area contributed by atoms with Crippen LogP contribution in [0.3, 0.4) is 0 Å². The Morgan fingerprint density at radius 2 is 1.76 bits per heavy atom. The zero-order chi connectivity index (χ0) is 12.3. The minimum Gasteiger partial charge on any atom is -0.379 e. The van der Waals surface area contributed by atoms with Crippen LogP contribution in [-0.2, 0) is 24.0 Å². The van der Waals surface area contributed by atoms with Crippen LogP contribution in [0.2, 0.25) is 0 Å². The lowest BCUT2D eigenvalue weighted by molar-refractivity contribution is -0.198. The molecule has 0 aromatic rings. The summed E-state index contributed by atoms with van der Waals surface area (Å²) < 4.78 is 5.14. The van der Waals surface area contributed by atoms with E-state index in [1.54, 1.807) is 0 Å². The summed E-state index contributed by atoms with van der Waals surface area (Å²) in [5.74, 6) is -1.49. The highest BCUT2D eigenvalue weighted by Gasteiger charge is 2.33. The summed E-state index contributed by atoms with van der Waals surface area (Å²) in [6, 6.07) is 0. The van der Waals surface area contributed by atoms with E-state index < -0.39 is 17.8 Å². The van der Waals surface area contributed by atoms with E-state index in [4.69, 9.17) is 9.57 Å². The Labute approximate surface area is 98.2 Å². The van der Waals surface area contributed by atoms with Crippen molar-refractivity contribution >= 4 is 17.8 Å². The van der Waals surface area contributed by atoms with Gasteiger partial charge in [-0.05, 0) is 0 Å². The third-order valence-corrected chi connectivity index (χ3v) is 2.66. The highest BCUT2D eigenvalue weighted by Crippen LogP contribution is 2.12. The molecular formula is C10H14N2O5. The molecule has 0 atom stereocenters. The summed E-state index contributed by atoms with van der Waals surface area (Å²) in [6.07, 6.45) is 0.229. The first-order chi connectivity index (χ1) is 8.16. The van der Waals surface area contributed by atoms with Gasteiger partial charge in [-0.15, -0.1) is 5.06 Å². The standard InChI is InChI=1S/C10H14N2O5/c13-8-1-2-9(14)12(8)17-10(15)7-11-3-5-16-6-4-11/h1-7H2. The van der Waals surface area contributed by atoms with E-state index in [1.165, 1.54) is 0 Å². The maximum absolute atomic E-state index is 11.5. The molecule has 0 bridgehead atoms. The summed E-state index contributed by atoms with van der Waals surface area (Å²) in [7, 11) is 0. The van der Waals surface area contributed by atoms with E-state index in [9.17, 15) is 14.4 Å². The molecule has 0 spiro atoms. The van der Waals surface area contributed by atoms with Gasteiger partial charge < -0.3 is 9.57 Å². The minimum absolute atomic E-state index is 0.0699. The number of morpholine rings is 1. The number of carbonyl (C=O) groups excluding carboxylic acids is 3. The maximum Gasteiger partial charge on any atom is 0.347 e. The average Bonchev–Trinajstić information content (AvgIpc) is 2.62. The molecule has 2 saturated heterocycles. The quantitative estimate of drug-likeness (QED) is 0.586. The van der Waals surface area contributed by atoms with Crippen LogP contribution in [-0.4, -0.2) is 60.6 Å². The molecule has 2 amide bonds. The fourth-order valence-corrected chi connectivity index (χ4v) is 1.73. The van der Waals surface area contributed by atoms with Crippen molar-refractivity contribution in [1.29, 1.82) is 0 Å². The second kappa shape index (κ2) is 5.24. The van der Waals surface area contributed by atoms with Crippen LogP contribution in [0.5, 0.6) is 0 Å². The molecule has 0 aliphatic carbocycles. The third-order valence-electron chi connectivity index (χ3n) is 2.66. The Morgan fingerprint density at radius 1 is 1.18 bits per heavy atom. The first kappa shape index (κ1) is 12.0. The summed E-state index contributed by atoms with van der Waals surface area (Å²) in [4.78, 5) is 40.5. The molecule has 2 fully saturated rings. The summed E-state index contributed by atoms with van der Waals surface area (Å²) in [5, 5.41) is 0.572. The van der Waals surface area contributed by atoms with Gasteiger partial charge in [0.15, 0.2) is 0 Å². The van der Waals surface area contributed by atoms with Crippen LogP contribution in [0.4, 0.5) is 0 Å². The van der Waals surface area contributed by atoms with Crippen molar-refractivity contribution in [2.24, 2.45) is 0 Å². The topological polar surface area (TPSA) is 76.2 Å². The molecule has 2 aliphatic rings. The molecule has 2 aliphatic heterocycles. The molecule has 17 heavy (non-hydrogen) atoms. The second-order valence-corrected chi connectivity index (χ2v) is 3.93. The van der Waals surface area contributed by atoms with Crippen LogP contribution in [0, 0.1) is 0 Å². The molecular weight excluding hydrogens is 228 g/mol. The Kier molecular flexibility index (Phi) is 3.70. The van der Waals surface area contributed by atoms with Crippen LogP contribution in [0.1, 0.15) is 12.8 Å². The van der Waals surface area contributed by atoms with Gasteiger partial charge in [-0.3, -0.25) is 14.5 Å². The second-order valence-electron chi connectivity index (χ2n) is 3.93. The van der Waals surface area contributed by atoms with Crippen LogP contribution in [0.15, 0.2) is 0 Å². The van der Waals surface area contributed by atoms with E-state index in [0.29, 0.717) is 31.4 Å². The van der Waals surface area contributed by atoms with Crippen molar-refractivity contribution in [1.82, 2.24) is 9.96 Å². The first-order valence-corrected chi connectivity index (χ1v) is 5.53. The Balaban J connectivity index is 1.80. The molecule has 0 aromatic heterocycles. The van der Waals surface area contributed by atoms with Gasteiger partial charge in [0.1, 0.15) is 0 Å². The van der Waals surface area contributed by atoms with Gasteiger partial charge in [0.05, 0.1) is 19.8 Å². The van der Waals surface area contributed by atoms with Gasteiger partial charge >= 0.3 is 5.97 Å². The van der Waals surface area contributed by atoms with Gasteiger partial charge in [-0.2, -0.15) is 0 Å². The highest BCUT2D eigenvalue weighted by atomic mass is 16.7. The number of amides is 2.